The van der Waals surface area contributed by atoms with Gasteiger partial charge >= 0.3 is 27.3 Å². The molecule has 79 valence electrons. The Morgan fingerprint density at radius 2 is 0.429 bits per heavy atom. The van der Waals surface area contributed by atoms with Crippen molar-refractivity contribution in [3.63, 3.8) is 0 Å². The second-order valence-electron chi connectivity index (χ2n) is 0. The first-order chi connectivity index (χ1) is 7.00. The molecule has 0 spiro atoms. The van der Waals surface area contributed by atoms with Crippen molar-refractivity contribution in [3.05, 3.63) is 39.4 Å². The summed E-state index contributed by atoms with van der Waals surface area (Å²) in [7, 11) is 0. The molecule has 0 amide bonds. The summed E-state index contributed by atoms with van der Waals surface area (Å²) in [5.41, 5.74) is 0. The first-order valence-corrected chi connectivity index (χ1v) is 3.15. The fourth-order valence-corrected chi connectivity index (χ4v) is 0. The molecular formula is C6CuFeN6-6. The normalized spacial score (nSPS) is 1.36. The van der Waals surface area contributed by atoms with Crippen molar-refractivity contribution in [1.82, 2.24) is 0 Å². The summed E-state index contributed by atoms with van der Waals surface area (Å²) in [5, 5.41) is 37.5. The average Bonchev–Trinajstić information content (AvgIpc) is 2.45. The van der Waals surface area contributed by atoms with Gasteiger partial charge in [0.2, 0.25) is 0 Å². The fraction of sp³-hybridized carbons (Fsp3) is 0. The Morgan fingerprint density at radius 1 is 0.429 bits per heavy atom. The van der Waals surface area contributed by atoms with E-state index in [2.05, 4.69) is 27.3 Å². The molecule has 0 atom stereocenters. The van der Waals surface area contributed by atoms with Gasteiger partial charge in [0, 0.05) is 0 Å². The minimum atomic E-state index is 2.81. The molecule has 0 aromatic rings. The molecule has 0 aromatic heterocycles. The molecule has 0 aliphatic carbocycles. The molecule has 0 aliphatic heterocycles. The molecule has 0 aromatic carbocycles. The van der Waals surface area contributed by atoms with Crippen LogP contribution in [0.3, 0.4) is 0 Å². The van der Waals surface area contributed by atoms with Crippen LogP contribution in [0.4, 0.5) is 0 Å². The Hall–Kier alpha value is -2.02. The van der Waals surface area contributed by atoms with E-state index in [-0.39, 0.29) is 0 Å². The molecule has 0 heterocycles. The summed E-state index contributed by atoms with van der Waals surface area (Å²) in [5.74, 6) is 0. The summed E-state index contributed by atoms with van der Waals surface area (Å²) >= 11 is 6.75. The standard InChI is InChI=1S/6CN.Cu.Fe/c6*1-2;;/q6*-1;;. The van der Waals surface area contributed by atoms with Crippen molar-refractivity contribution < 1.29 is 27.3 Å². The third-order valence-electron chi connectivity index (χ3n) is 0. The maximum absolute atomic E-state index is 6.25. The van der Waals surface area contributed by atoms with E-state index in [1.165, 1.54) is 0 Å². The van der Waals surface area contributed by atoms with Crippen LogP contribution in [0.1, 0.15) is 0 Å². The van der Waals surface area contributed by atoms with E-state index in [4.69, 9.17) is 71.0 Å². The second-order valence-corrected chi connectivity index (χ2v) is 0. The molecule has 0 bridgehead atoms. The predicted molar refractivity (Wildman–Crippen MR) is 29.8 cm³/mol. The summed E-state index contributed by atoms with van der Waals surface area (Å²) < 4.78 is 0. The maximum atomic E-state index is 6.25. The molecule has 0 aliphatic rings. The van der Waals surface area contributed by atoms with Gasteiger partial charge < -0.3 is 71.0 Å². The second kappa shape index (κ2) is 268. The third kappa shape index (κ3) is 197. The van der Waals surface area contributed by atoms with Gasteiger partial charge in [-0.1, -0.05) is 0 Å². The molecule has 0 unspecified atom stereocenters. The first-order valence-electron chi connectivity index (χ1n) is 1.45. The van der Waals surface area contributed by atoms with Crippen molar-refractivity contribution in [2.45, 2.75) is 0 Å². The minimum absolute atomic E-state index is 2.81. The van der Waals surface area contributed by atoms with E-state index in [1.54, 1.807) is 0 Å². The fourth-order valence-electron chi connectivity index (χ4n) is 0. The summed E-state index contributed by atoms with van der Waals surface area (Å²) in [6.07, 6.45) is 0. The SMILES string of the molecule is [C-]#N.[C-]#N.[C-]#N.[C-]#N.[C-]#N.[C-]#N.[Fe]=[Cu]. The van der Waals surface area contributed by atoms with E-state index >= 15 is 0 Å². The summed E-state index contributed by atoms with van der Waals surface area (Å²) in [6, 6.07) is 0. The number of hydrogen-bond acceptors (Lipinski definition) is 6. The number of nitrogens with zero attached hydrogens (tertiary/aromatic N) is 6. The molecule has 14 heavy (non-hydrogen) atoms. The van der Waals surface area contributed by atoms with Crippen molar-refractivity contribution >= 4 is 0 Å². The average molecular weight is 275 g/mol. The molecule has 0 saturated carbocycles. The van der Waals surface area contributed by atoms with Crippen LogP contribution >= 0.6 is 0 Å². The van der Waals surface area contributed by atoms with Crippen molar-refractivity contribution in [3.8, 4) is 0 Å². The monoisotopic (exact) mass is 275 g/mol. The van der Waals surface area contributed by atoms with Gasteiger partial charge in [-0.25, -0.2) is 0 Å². The number of rotatable bonds is 0. The predicted octanol–water partition coefficient (Wildman–Crippen LogP) is 0.573. The van der Waals surface area contributed by atoms with E-state index < -0.39 is 0 Å². The molecule has 6 nitrogen and oxygen atoms in total. The third-order valence-corrected chi connectivity index (χ3v) is 0. The molecule has 0 N–H and O–H groups in total. The van der Waals surface area contributed by atoms with E-state index in [1.807, 2.05) is 0 Å². The van der Waals surface area contributed by atoms with Gasteiger partial charge in [-0.2, -0.15) is 0 Å². The quantitative estimate of drug-likeness (QED) is 0.467. The Labute approximate surface area is 98.3 Å². The van der Waals surface area contributed by atoms with Gasteiger partial charge in [0.15, 0.2) is 0 Å². The summed E-state index contributed by atoms with van der Waals surface area (Å²) in [4.78, 5) is 0. The Bertz CT molecular complexity index is 109. The molecule has 0 fully saturated rings. The first kappa shape index (κ1) is 58.2. The summed E-state index contributed by atoms with van der Waals surface area (Å²) in [6.45, 7) is 28.5. The van der Waals surface area contributed by atoms with Gasteiger partial charge in [-0.15, -0.1) is 0 Å². The zero-order valence-corrected chi connectivity index (χ0v) is 8.38. The van der Waals surface area contributed by atoms with Crippen LogP contribution in [0.15, 0.2) is 0 Å². The van der Waals surface area contributed by atoms with Gasteiger partial charge in [-0.05, 0) is 0 Å². The molecular weight excluding hydrogens is 275 g/mol. The van der Waals surface area contributed by atoms with Crippen molar-refractivity contribution in [2.24, 2.45) is 0 Å². The Morgan fingerprint density at radius 3 is 0.429 bits per heavy atom. The van der Waals surface area contributed by atoms with Crippen LogP contribution < -0.4 is 0 Å². The Kier molecular flexibility index (Phi) is 1110. The van der Waals surface area contributed by atoms with Crippen LogP contribution in [-0.4, -0.2) is 0 Å². The zero-order chi connectivity index (χ0) is 14.0. The topological polar surface area (TPSA) is 143 Å². The van der Waals surface area contributed by atoms with E-state index in [9.17, 15) is 0 Å². The van der Waals surface area contributed by atoms with Crippen molar-refractivity contribution in [2.75, 3.05) is 0 Å². The van der Waals surface area contributed by atoms with Crippen LogP contribution in [0, 0.1) is 71.0 Å². The van der Waals surface area contributed by atoms with E-state index in [0.717, 1.165) is 0 Å². The van der Waals surface area contributed by atoms with Crippen LogP contribution in [-0.2, 0) is 27.3 Å². The van der Waals surface area contributed by atoms with Gasteiger partial charge in [0.1, 0.15) is 0 Å². The van der Waals surface area contributed by atoms with Crippen LogP contribution in [0.5, 0.6) is 0 Å². The molecule has 0 radical (unpaired) electrons. The zero-order valence-electron chi connectivity index (χ0n) is 6.34. The van der Waals surface area contributed by atoms with Gasteiger partial charge in [0.25, 0.3) is 0 Å². The number of hydrogen-bond donors (Lipinski definition) is 0. The van der Waals surface area contributed by atoms with Gasteiger partial charge in [0.05, 0.1) is 0 Å². The van der Waals surface area contributed by atoms with Crippen molar-refractivity contribution in [1.29, 1.82) is 31.6 Å². The molecule has 0 rings (SSSR count). The van der Waals surface area contributed by atoms with Crippen LogP contribution in [0.25, 0.3) is 0 Å². The molecule has 8 heteroatoms. The molecule has 0 saturated heterocycles. The Balaban J connectivity index is -0.00000000817. The van der Waals surface area contributed by atoms with Gasteiger partial charge in [-0.3, -0.25) is 0 Å². The van der Waals surface area contributed by atoms with E-state index in [0.29, 0.717) is 0 Å². The van der Waals surface area contributed by atoms with Crippen LogP contribution in [0.2, 0.25) is 0 Å².